The number of halogens is 2. The Morgan fingerprint density at radius 2 is 1.10 bits per heavy atom. The molecule has 6 aromatic rings. The summed E-state index contributed by atoms with van der Waals surface area (Å²) in [5.74, 6) is 0.573. The first-order chi connectivity index (χ1) is 26.3. The third-order valence-corrected chi connectivity index (χ3v) is 10.7. The smallest absolute Gasteiger partial charge is 0 e. The molecule has 0 atom stereocenters. The molecule has 59 heavy (non-hydrogen) atoms. The topological polar surface area (TPSA) is 9.23 Å². The second kappa shape index (κ2) is 24.4. The summed E-state index contributed by atoms with van der Waals surface area (Å²) in [6.07, 6.45) is 6.07. The fourth-order valence-electron chi connectivity index (χ4n) is 7.39. The summed E-state index contributed by atoms with van der Waals surface area (Å²) in [5.41, 5.74) is 12.9. The van der Waals surface area contributed by atoms with Crippen molar-refractivity contribution in [1.29, 1.82) is 0 Å². The third kappa shape index (κ3) is 15.9. The van der Waals surface area contributed by atoms with Crippen molar-refractivity contribution >= 4 is 49.5 Å². The van der Waals surface area contributed by atoms with Crippen LogP contribution >= 0.6 is 17.0 Å². The Balaban J connectivity index is 0.000000550. The normalized spacial score (nSPS) is 11.4. The van der Waals surface area contributed by atoms with Gasteiger partial charge in [0, 0.05) is 17.6 Å². The second-order valence-electron chi connectivity index (χ2n) is 18.7. The van der Waals surface area contributed by atoms with Crippen molar-refractivity contribution in [2.45, 2.75) is 138 Å². The van der Waals surface area contributed by atoms with Crippen LogP contribution < -0.4 is 0 Å². The summed E-state index contributed by atoms with van der Waals surface area (Å²) in [5, 5.41) is 5.55. The Hall–Kier alpha value is -2.26. The first-order valence-corrected chi connectivity index (χ1v) is 26.9. The first kappa shape index (κ1) is 54.8. The number of ether oxygens (including phenoxy) is 1. The summed E-state index contributed by atoms with van der Waals surface area (Å²) >= 11 is -0.826. The van der Waals surface area contributed by atoms with E-state index in [0.29, 0.717) is 5.92 Å². The molecule has 6 rings (SSSR count). The van der Waals surface area contributed by atoms with Crippen molar-refractivity contribution in [2.75, 3.05) is 6.61 Å². The van der Waals surface area contributed by atoms with Gasteiger partial charge in [0.2, 0.25) is 0 Å². The minimum absolute atomic E-state index is 0. The predicted octanol–water partition coefficient (Wildman–Crippen LogP) is 17.3. The van der Waals surface area contributed by atoms with Gasteiger partial charge in [-0.1, -0.05) is 160 Å². The van der Waals surface area contributed by atoms with E-state index >= 15 is 0 Å². The molecule has 0 aliphatic rings. The molecule has 5 heteroatoms. The minimum Gasteiger partial charge on any atom is 0 e. The molecule has 0 aliphatic carbocycles. The monoisotopic (exact) mass is 924 g/mol. The Kier molecular flexibility index (Phi) is 22.6. The number of hydrogen-bond donors (Lipinski definition) is 0. The van der Waals surface area contributed by atoms with Gasteiger partial charge in [0.05, 0.1) is 5.60 Å². The van der Waals surface area contributed by atoms with Gasteiger partial charge < -0.3 is 19.6 Å². The maximum atomic E-state index is 5.85. The second-order valence-corrected chi connectivity index (χ2v) is 22.4. The molecule has 0 saturated carbocycles. The van der Waals surface area contributed by atoms with Crippen LogP contribution in [0.3, 0.4) is 0 Å². The van der Waals surface area contributed by atoms with Crippen LogP contribution in [0.2, 0.25) is 0 Å². The van der Waals surface area contributed by atoms with Gasteiger partial charge in [-0.05, 0) is 66.2 Å². The van der Waals surface area contributed by atoms with E-state index in [9.17, 15) is 0 Å². The molecule has 0 heterocycles. The molecule has 0 bridgehead atoms. The quantitative estimate of drug-likeness (QED) is 0.0756. The van der Waals surface area contributed by atoms with E-state index in [0.717, 1.165) is 19.4 Å². The van der Waals surface area contributed by atoms with E-state index < -0.39 is 20.8 Å². The van der Waals surface area contributed by atoms with Crippen LogP contribution in [0.1, 0.15) is 136 Å². The van der Waals surface area contributed by atoms with Crippen LogP contribution in [0, 0.1) is 21.8 Å². The number of aryl methyl sites for hydroxylation is 2. The van der Waals surface area contributed by atoms with Gasteiger partial charge in [-0.3, -0.25) is 0 Å². The molecule has 0 aliphatic heterocycles. The van der Waals surface area contributed by atoms with Crippen LogP contribution in [0.4, 0.5) is 0 Å². The van der Waals surface area contributed by atoms with Gasteiger partial charge in [-0.25, -0.2) is 0 Å². The van der Waals surface area contributed by atoms with E-state index in [4.69, 9.17) is 21.8 Å². The van der Waals surface area contributed by atoms with Gasteiger partial charge in [-0.15, -0.1) is 74.6 Å². The van der Waals surface area contributed by atoms with E-state index in [-0.39, 0.29) is 42.2 Å². The molecule has 0 aromatic heterocycles. The molecule has 0 fully saturated rings. The molecule has 0 N–H and O–H groups in total. The van der Waals surface area contributed by atoms with E-state index in [1.165, 1.54) is 90.9 Å². The SMILES string of the molecule is CC(C)c1cc2c(-c3ccc(C(C)(C)C)cc3)cccc2[cH-]1.Cc1[cH-]c2cccc(-c3ccc(C(C)(C)C)cc3)c2c1CCCCCCOC(C)(C)C.[CH3-].[CH3-].[Cl][Zr][Cl].[Si]. The maximum Gasteiger partial charge on any atom is 0 e. The van der Waals surface area contributed by atoms with Gasteiger partial charge >= 0.3 is 37.9 Å². The fraction of sp³-hybridized carbons (Fsp3) is 0.407. The third-order valence-electron chi connectivity index (χ3n) is 10.7. The predicted molar refractivity (Wildman–Crippen MR) is 264 cm³/mol. The molecular formula is C54H72Cl2OSiZr-4. The molecule has 4 radical (unpaired) electrons. The van der Waals surface area contributed by atoms with Crippen LogP contribution in [-0.2, 0) is 42.8 Å². The summed E-state index contributed by atoms with van der Waals surface area (Å²) in [7, 11) is 9.87. The molecule has 320 valence electrons. The number of hydrogen-bond acceptors (Lipinski definition) is 1. The summed E-state index contributed by atoms with van der Waals surface area (Å²) in [6.45, 7) is 27.6. The summed E-state index contributed by atoms with van der Waals surface area (Å²) < 4.78 is 5.85. The van der Waals surface area contributed by atoms with Crippen LogP contribution in [0.15, 0.2) is 103 Å². The largest absolute Gasteiger partial charge is 0 e. The number of unbranched alkanes of at least 4 members (excludes halogenated alkanes) is 3. The van der Waals surface area contributed by atoms with Gasteiger partial charge in [0.1, 0.15) is 0 Å². The zero-order valence-electron chi connectivity index (χ0n) is 38.8. The first-order valence-electron chi connectivity index (χ1n) is 20.5. The van der Waals surface area contributed by atoms with Crippen molar-refractivity contribution in [3.8, 4) is 22.3 Å². The number of rotatable bonds is 10. The van der Waals surface area contributed by atoms with Crippen molar-refractivity contribution in [2.24, 2.45) is 0 Å². The van der Waals surface area contributed by atoms with Crippen molar-refractivity contribution in [3.63, 3.8) is 0 Å². The number of fused-ring (bicyclic) bond motifs is 2. The average Bonchev–Trinajstić information content (AvgIpc) is 3.72. The molecule has 6 aromatic carbocycles. The Labute approximate surface area is 384 Å². The van der Waals surface area contributed by atoms with Crippen LogP contribution in [0.25, 0.3) is 43.8 Å². The zero-order valence-corrected chi connectivity index (χ0v) is 43.8. The van der Waals surface area contributed by atoms with Crippen molar-refractivity contribution in [3.05, 3.63) is 146 Å². The van der Waals surface area contributed by atoms with Gasteiger partial charge in [-0.2, -0.15) is 6.07 Å². The summed E-state index contributed by atoms with van der Waals surface area (Å²) in [4.78, 5) is 0. The van der Waals surface area contributed by atoms with Crippen LogP contribution in [-0.4, -0.2) is 23.2 Å². The van der Waals surface area contributed by atoms with E-state index in [2.05, 4.69) is 186 Å². The number of benzene rings is 4. The van der Waals surface area contributed by atoms with Gasteiger partial charge in [0.25, 0.3) is 0 Å². The molecule has 0 unspecified atom stereocenters. The molecule has 0 saturated heterocycles. The van der Waals surface area contributed by atoms with Crippen molar-refractivity contribution in [1.82, 2.24) is 0 Å². The fourth-order valence-corrected chi connectivity index (χ4v) is 7.39. The van der Waals surface area contributed by atoms with Crippen LogP contribution in [0.5, 0.6) is 0 Å². The summed E-state index contributed by atoms with van der Waals surface area (Å²) in [6, 6.07) is 38.7. The van der Waals surface area contributed by atoms with E-state index in [1.54, 1.807) is 0 Å². The molecular weight excluding hydrogens is 855 g/mol. The molecule has 1 nitrogen and oxygen atoms in total. The standard InChI is InChI=1S/C30H41O.C22H25.2CH3.2ClH.Si.Zr/c1-22-21-24-13-12-15-27(23-16-18-25(19-17-23)29(2,3)4)28(24)26(22)14-10-8-9-11-20-31-30(5,6)7;1-15(2)18-13-17-7-6-8-20(21(17)14-18)16-9-11-19(12-10-16)22(3,4)5;;;;;;/h12-13,15-19,21H,8-11,14,20H2,1-7H3;6-15H,1-5H3;2*1H3;2*1H;;/q4*-1;;;;+2/p-2. The minimum atomic E-state index is -0.826. The molecule has 0 spiro atoms. The zero-order chi connectivity index (χ0) is 41.3. The average molecular weight is 927 g/mol. The Morgan fingerprint density at radius 3 is 1.59 bits per heavy atom. The Bertz CT molecular complexity index is 2100. The van der Waals surface area contributed by atoms with E-state index in [1.807, 2.05) is 0 Å². The van der Waals surface area contributed by atoms with Gasteiger partial charge in [0.15, 0.2) is 0 Å². The molecule has 0 amide bonds. The Morgan fingerprint density at radius 1 is 0.627 bits per heavy atom. The van der Waals surface area contributed by atoms with Crippen molar-refractivity contribution < 1.29 is 25.6 Å². The maximum absolute atomic E-state index is 5.85.